The molecule has 0 amide bonds. The van der Waals surface area contributed by atoms with Gasteiger partial charge in [0.1, 0.15) is 16.6 Å². The second-order valence-electron chi connectivity index (χ2n) is 6.70. The van der Waals surface area contributed by atoms with Gasteiger partial charge in [-0.15, -0.1) is 12.4 Å². The summed E-state index contributed by atoms with van der Waals surface area (Å²) in [5.41, 5.74) is 3.37. The summed E-state index contributed by atoms with van der Waals surface area (Å²) < 4.78 is 3.60. The zero-order valence-electron chi connectivity index (χ0n) is 14.7. The molecule has 0 saturated carbocycles. The van der Waals surface area contributed by atoms with Crippen LogP contribution in [0.2, 0.25) is 0 Å². The molecule has 5 rings (SSSR count). The Kier molecular flexibility index (Phi) is 4.60. The van der Waals surface area contributed by atoms with Gasteiger partial charge in [0, 0.05) is 30.1 Å². The number of halogens is 1. The molecular formula is C18H18ClN7S. The van der Waals surface area contributed by atoms with E-state index < -0.39 is 0 Å². The standard InChI is InChI=1S/C18H17N7S.ClH/c1-24-9-14-7-12(6-13(8-19)16(14)22-24)17-23-25-10-15(21-18(25)26-17)11-2-4-20-5-3-11;/h6-7,9-11,20H,2-5H2,1H3;1H. The topological polar surface area (TPSA) is 83.8 Å². The van der Waals surface area contributed by atoms with Gasteiger partial charge >= 0.3 is 0 Å². The quantitative estimate of drug-likeness (QED) is 0.560. The number of rotatable bonds is 2. The van der Waals surface area contributed by atoms with Gasteiger partial charge in [-0.05, 0) is 38.1 Å². The van der Waals surface area contributed by atoms with Crippen LogP contribution in [-0.4, -0.2) is 37.5 Å². The summed E-state index contributed by atoms with van der Waals surface area (Å²) in [6, 6.07) is 6.15. The summed E-state index contributed by atoms with van der Waals surface area (Å²) >= 11 is 1.56. The minimum Gasteiger partial charge on any atom is -0.317 e. The highest BCUT2D eigenvalue weighted by atomic mass is 35.5. The van der Waals surface area contributed by atoms with Crippen molar-refractivity contribution in [2.75, 3.05) is 13.1 Å². The Morgan fingerprint density at radius 2 is 2.04 bits per heavy atom. The monoisotopic (exact) mass is 399 g/mol. The van der Waals surface area contributed by atoms with Gasteiger partial charge in [-0.25, -0.2) is 9.50 Å². The molecule has 4 aromatic rings. The second-order valence-corrected chi connectivity index (χ2v) is 7.66. The van der Waals surface area contributed by atoms with Crippen LogP contribution in [0, 0.1) is 11.3 Å². The first-order valence-corrected chi connectivity index (χ1v) is 9.47. The van der Waals surface area contributed by atoms with Crippen LogP contribution in [0.5, 0.6) is 0 Å². The third-order valence-electron chi connectivity index (χ3n) is 4.91. The normalized spacial score (nSPS) is 15.1. The third-order valence-corrected chi connectivity index (χ3v) is 5.88. The lowest BCUT2D eigenvalue weighted by atomic mass is 9.95. The van der Waals surface area contributed by atoms with E-state index in [9.17, 15) is 5.26 Å². The predicted octanol–water partition coefficient (Wildman–Crippen LogP) is 3.10. The lowest BCUT2D eigenvalue weighted by Gasteiger charge is -2.20. The van der Waals surface area contributed by atoms with Crippen molar-refractivity contribution < 1.29 is 0 Å². The smallest absolute Gasteiger partial charge is 0.212 e. The van der Waals surface area contributed by atoms with E-state index in [1.165, 1.54) is 0 Å². The van der Waals surface area contributed by atoms with E-state index in [0.717, 1.165) is 58.1 Å². The molecule has 3 aromatic heterocycles. The van der Waals surface area contributed by atoms with Crippen LogP contribution in [0.4, 0.5) is 0 Å². The molecule has 7 nitrogen and oxygen atoms in total. The Hall–Kier alpha value is -2.47. The van der Waals surface area contributed by atoms with Crippen LogP contribution in [0.25, 0.3) is 26.4 Å². The maximum atomic E-state index is 9.46. The fraction of sp³-hybridized carbons (Fsp3) is 0.333. The van der Waals surface area contributed by atoms with Crippen LogP contribution >= 0.6 is 23.7 Å². The molecule has 9 heteroatoms. The number of aromatic nitrogens is 5. The van der Waals surface area contributed by atoms with E-state index in [-0.39, 0.29) is 12.4 Å². The molecule has 138 valence electrons. The Labute approximate surface area is 166 Å². The fourth-order valence-corrected chi connectivity index (χ4v) is 4.49. The van der Waals surface area contributed by atoms with Crippen molar-refractivity contribution in [1.82, 2.24) is 29.7 Å². The van der Waals surface area contributed by atoms with Crippen LogP contribution in [0.15, 0.2) is 24.5 Å². The first-order valence-electron chi connectivity index (χ1n) is 8.66. The number of aryl methyl sites for hydroxylation is 1. The highest BCUT2D eigenvalue weighted by Crippen LogP contribution is 2.32. The minimum atomic E-state index is 0. The molecule has 1 saturated heterocycles. The summed E-state index contributed by atoms with van der Waals surface area (Å²) in [6.07, 6.45) is 6.23. The SMILES string of the molecule is Cl.Cn1cc2cc(-c3nn4cc(C5CCNCC5)nc4s3)cc(C#N)c2n1. The van der Waals surface area contributed by atoms with E-state index in [1.54, 1.807) is 16.0 Å². The summed E-state index contributed by atoms with van der Waals surface area (Å²) in [5.74, 6) is 0.519. The number of benzene rings is 1. The number of hydrogen-bond acceptors (Lipinski definition) is 6. The van der Waals surface area contributed by atoms with Gasteiger partial charge in [-0.1, -0.05) is 11.3 Å². The van der Waals surface area contributed by atoms with Gasteiger partial charge in [0.2, 0.25) is 4.96 Å². The van der Waals surface area contributed by atoms with Crippen LogP contribution in [-0.2, 0) is 7.05 Å². The van der Waals surface area contributed by atoms with Gasteiger partial charge in [0.25, 0.3) is 0 Å². The molecule has 1 aliphatic rings. The van der Waals surface area contributed by atoms with E-state index in [4.69, 9.17) is 10.1 Å². The zero-order chi connectivity index (χ0) is 17.7. The molecule has 1 N–H and O–H groups in total. The lowest BCUT2D eigenvalue weighted by molar-refractivity contribution is 0.454. The van der Waals surface area contributed by atoms with Crippen molar-refractivity contribution in [1.29, 1.82) is 5.26 Å². The van der Waals surface area contributed by atoms with Gasteiger partial charge in [0.15, 0.2) is 0 Å². The van der Waals surface area contributed by atoms with Crippen molar-refractivity contribution >= 4 is 39.6 Å². The van der Waals surface area contributed by atoms with Crippen molar-refractivity contribution in [3.8, 4) is 16.6 Å². The number of nitrogens with one attached hydrogen (secondary N) is 1. The number of piperidine rings is 1. The minimum absolute atomic E-state index is 0. The number of fused-ring (bicyclic) bond motifs is 2. The maximum Gasteiger partial charge on any atom is 0.212 e. The van der Waals surface area contributed by atoms with Crippen LogP contribution < -0.4 is 5.32 Å². The molecule has 1 aromatic carbocycles. The van der Waals surface area contributed by atoms with Gasteiger partial charge in [0.05, 0.1) is 17.5 Å². The fourth-order valence-electron chi connectivity index (χ4n) is 3.61. The molecule has 1 fully saturated rings. The first kappa shape index (κ1) is 17.9. The molecule has 0 bridgehead atoms. The molecule has 0 atom stereocenters. The molecular weight excluding hydrogens is 382 g/mol. The Balaban J connectivity index is 0.00000180. The average Bonchev–Trinajstić information content (AvgIpc) is 3.33. The Morgan fingerprint density at radius 1 is 1.22 bits per heavy atom. The van der Waals surface area contributed by atoms with E-state index in [1.807, 2.05) is 29.9 Å². The number of imidazole rings is 1. The van der Waals surface area contributed by atoms with Crippen molar-refractivity contribution in [2.45, 2.75) is 18.8 Å². The maximum absolute atomic E-state index is 9.46. The summed E-state index contributed by atoms with van der Waals surface area (Å²) in [4.78, 5) is 5.70. The van der Waals surface area contributed by atoms with Gasteiger partial charge in [-0.2, -0.15) is 15.5 Å². The highest BCUT2D eigenvalue weighted by molar-refractivity contribution is 7.19. The van der Waals surface area contributed by atoms with Crippen molar-refractivity contribution in [2.24, 2.45) is 7.05 Å². The molecule has 1 aliphatic heterocycles. The van der Waals surface area contributed by atoms with E-state index >= 15 is 0 Å². The van der Waals surface area contributed by atoms with Crippen LogP contribution in [0.3, 0.4) is 0 Å². The second kappa shape index (κ2) is 6.93. The van der Waals surface area contributed by atoms with E-state index in [0.29, 0.717) is 11.5 Å². The molecule has 0 radical (unpaired) electrons. The lowest BCUT2D eigenvalue weighted by Crippen LogP contribution is -2.26. The van der Waals surface area contributed by atoms with Crippen LogP contribution in [0.1, 0.15) is 30.0 Å². The molecule has 27 heavy (non-hydrogen) atoms. The molecule has 4 heterocycles. The number of nitrogens with zero attached hydrogens (tertiary/aromatic N) is 6. The summed E-state index contributed by atoms with van der Waals surface area (Å²) in [7, 11) is 1.86. The van der Waals surface area contributed by atoms with Crippen molar-refractivity contribution in [3.63, 3.8) is 0 Å². The van der Waals surface area contributed by atoms with E-state index in [2.05, 4.69) is 22.7 Å². The first-order chi connectivity index (χ1) is 12.7. The number of hydrogen-bond donors (Lipinski definition) is 1. The summed E-state index contributed by atoms with van der Waals surface area (Å²) in [5, 5.41) is 23.7. The third kappa shape index (κ3) is 3.08. The Morgan fingerprint density at radius 3 is 2.78 bits per heavy atom. The largest absolute Gasteiger partial charge is 0.317 e. The molecule has 0 aliphatic carbocycles. The van der Waals surface area contributed by atoms with Crippen molar-refractivity contribution in [3.05, 3.63) is 35.8 Å². The Bertz CT molecular complexity index is 1130. The van der Waals surface area contributed by atoms with Gasteiger partial charge < -0.3 is 5.32 Å². The molecule has 0 unspecified atom stereocenters. The average molecular weight is 400 g/mol. The summed E-state index contributed by atoms with van der Waals surface area (Å²) in [6.45, 7) is 2.10. The molecule has 0 spiro atoms. The number of nitriles is 1. The van der Waals surface area contributed by atoms with Gasteiger partial charge in [-0.3, -0.25) is 4.68 Å². The zero-order valence-corrected chi connectivity index (χ0v) is 16.3. The highest BCUT2D eigenvalue weighted by Gasteiger charge is 2.20. The predicted molar refractivity (Wildman–Crippen MR) is 107 cm³/mol.